The van der Waals surface area contributed by atoms with Gasteiger partial charge in [-0.1, -0.05) is 42.5 Å². The first-order valence-electron chi connectivity index (χ1n) is 10.6. The standard InChI is InChI=1S/C27H23N3O2/c1-27(2,3)32-26(31)19-13-15-20(16-14-19)30-24(18-9-5-4-6-10-18)17-23-25(30)29-22-12-8-7-11-21(22)28-23/h4-17H,1-3H3. The highest BCUT2D eigenvalue weighted by atomic mass is 16.6. The molecule has 5 heteroatoms. The molecule has 0 aliphatic heterocycles. The Bertz CT molecular complexity index is 1430. The molecule has 0 aliphatic carbocycles. The van der Waals surface area contributed by atoms with Crippen LogP contribution in [0.5, 0.6) is 0 Å². The fraction of sp³-hybridized carbons (Fsp3) is 0.148. The second kappa shape index (κ2) is 7.61. The molecule has 32 heavy (non-hydrogen) atoms. The largest absolute Gasteiger partial charge is 0.456 e. The maximum atomic E-state index is 12.5. The number of rotatable bonds is 3. The molecule has 0 N–H and O–H groups in total. The lowest BCUT2D eigenvalue weighted by atomic mass is 10.1. The van der Waals surface area contributed by atoms with E-state index in [2.05, 4.69) is 22.8 Å². The summed E-state index contributed by atoms with van der Waals surface area (Å²) in [6, 6.07) is 27.5. The smallest absolute Gasteiger partial charge is 0.338 e. The van der Waals surface area contributed by atoms with Crippen molar-refractivity contribution in [2.45, 2.75) is 26.4 Å². The average Bonchev–Trinajstić information content (AvgIpc) is 3.15. The topological polar surface area (TPSA) is 57.0 Å². The summed E-state index contributed by atoms with van der Waals surface area (Å²) in [6.45, 7) is 5.58. The molecule has 158 valence electrons. The molecule has 5 aromatic rings. The van der Waals surface area contributed by atoms with E-state index in [0.29, 0.717) is 5.56 Å². The minimum atomic E-state index is -0.538. The Morgan fingerprint density at radius 3 is 2.06 bits per heavy atom. The molecule has 0 saturated heterocycles. The minimum Gasteiger partial charge on any atom is -0.456 e. The fourth-order valence-corrected chi connectivity index (χ4v) is 3.74. The molecule has 0 spiro atoms. The Morgan fingerprint density at radius 1 is 0.781 bits per heavy atom. The van der Waals surface area contributed by atoms with Gasteiger partial charge in [-0.05, 0) is 68.8 Å². The number of hydrogen-bond donors (Lipinski definition) is 0. The number of esters is 1. The van der Waals surface area contributed by atoms with Gasteiger partial charge >= 0.3 is 5.97 Å². The number of carbonyl (C=O) groups is 1. The van der Waals surface area contributed by atoms with E-state index in [1.54, 1.807) is 12.1 Å². The summed E-state index contributed by atoms with van der Waals surface area (Å²) < 4.78 is 7.58. The quantitative estimate of drug-likeness (QED) is 0.326. The van der Waals surface area contributed by atoms with Gasteiger partial charge in [0.2, 0.25) is 0 Å². The van der Waals surface area contributed by atoms with Crippen molar-refractivity contribution in [3.05, 3.63) is 90.5 Å². The predicted molar refractivity (Wildman–Crippen MR) is 127 cm³/mol. The number of carbonyl (C=O) groups excluding carboxylic acids is 1. The van der Waals surface area contributed by atoms with E-state index in [1.165, 1.54) is 0 Å². The van der Waals surface area contributed by atoms with E-state index in [9.17, 15) is 4.79 Å². The zero-order valence-corrected chi connectivity index (χ0v) is 18.2. The van der Waals surface area contributed by atoms with Crippen LogP contribution in [0, 0.1) is 0 Å². The van der Waals surface area contributed by atoms with Gasteiger partial charge in [-0.2, -0.15) is 0 Å². The first-order valence-corrected chi connectivity index (χ1v) is 10.6. The Labute approximate surface area is 186 Å². The zero-order valence-electron chi connectivity index (χ0n) is 18.2. The number of para-hydroxylation sites is 2. The van der Waals surface area contributed by atoms with Gasteiger partial charge in [-0.25, -0.2) is 14.8 Å². The molecular formula is C27H23N3O2. The van der Waals surface area contributed by atoms with Crippen molar-refractivity contribution in [1.82, 2.24) is 14.5 Å². The predicted octanol–water partition coefficient (Wildman–Crippen LogP) is 6.20. The summed E-state index contributed by atoms with van der Waals surface area (Å²) in [6.07, 6.45) is 0. The summed E-state index contributed by atoms with van der Waals surface area (Å²) in [5, 5.41) is 0. The fourth-order valence-electron chi connectivity index (χ4n) is 3.74. The van der Waals surface area contributed by atoms with Crippen LogP contribution in [-0.2, 0) is 4.74 Å². The monoisotopic (exact) mass is 421 g/mol. The van der Waals surface area contributed by atoms with Gasteiger partial charge in [-0.15, -0.1) is 0 Å². The Hall–Kier alpha value is -3.99. The van der Waals surface area contributed by atoms with Crippen molar-refractivity contribution in [1.29, 1.82) is 0 Å². The number of benzene rings is 3. The van der Waals surface area contributed by atoms with E-state index >= 15 is 0 Å². The highest BCUT2D eigenvalue weighted by Crippen LogP contribution is 2.31. The van der Waals surface area contributed by atoms with E-state index in [4.69, 9.17) is 14.7 Å². The third-order valence-electron chi connectivity index (χ3n) is 5.13. The molecule has 2 heterocycles. The number of ether oxygens (including phenoxy) is 1. The number of nitrogens with zero attached hydrogens (tertiary/aromatic N) is 3. The molecule has 0 atom stereocenters. The molecule has 0 fully saturated rings. The van der Waals surface area contributed by atoms with Crippen LogP contribution in [0.4, 0.5) is 0 Å². The Morgan fingerprint density at radius 2 is 1.41 bits per heavy atom. The van der Waals surface area contributed by atoms with Gasteiger partial charge in [-0.3, -0.25) is 4.57 Å². The molecule has 0 saturated carbocycles. The lowest BCUT2D eigenvalue weighted by molar-refractivity contribution is 0.00695. The molecule has 0 unspecified atom stereocenters. The SMILES string of the molecule is CC(C)(C)OC(=O)c1ccc(-n2c(-c3ccccc3)cc3nc4ccccc4nc32)cc1. The van der Waals surface area contributed by atoms with Gasteiger partial charge in [0, 0.05) is 5.69 Å². The van der Waals surface area contributed by atoms with E-state index < -0.39 is 5.60 Å². The highest BCUT2D eigenvalue weighted by molar-refractivity contribution is 5.92. The number of hydrogen-bond acceptors (Lipinski definition) is 4. The first-order chi connectivity index (χ1) is 15.4. The summed E-state index contributed by atoms with van der Waals surface area (Å²) in [4.78, 5) is 22.2. The third-order valence-corrected chi connectivity index (χ3v) is 5.13. The van der Waals surface area contributed by atoms with Gasteiger partial charge in [0.1, 0.15) is 11.1 Å². The number of aromatic nitrogens is 3. The summed E-state index contributed by atoms with van der Waals surface area (Å²) in [5.41, 5.74) is 6.21. The van der Waals surface area contributed by atoms with Crippen LogP contribution in [-0.4, -0.2) is 26.1 Å². The van der Waals surface area contributed by atoms with Gasteiger partial charge in [0.25, 0.3) is 0 Å². The van der Waals surface area contributed by atoms with E-state index in [0.717, 1.165) is 39.1 Å². The van der Waals surface area contributed by atoms with Crippen LogP contribution in [0.25, 0.3) is 39.1 Å². The Balaban J connectivity index is 1.68. The number of fused-ring (bicyclic) bond motifs is 2. The average molecular weight is 422 g/mol. The molecule has 2 aromatic heterocycles. The van der Waals surface area contributed by atoms with Crippen molar-refractivity contribution in [2.24, 2.45) is 0 Å². The van der Waals surface area contributed by atoms with Gasteiger partial charge in [0.15, 0.2) is 5.65 Å². The van der Waals surface area contributed by atoms with Crippen LogP contribution < -0.4 is 0 Å². The van der Waals surface area contributed by atoms with Crippen molar-refractivity contribution in [2.75, 3.05) is 0 Å². The molecule has 0 amide bonds. The normalized spacial score (nSPS) is 11.7. The van der Waals surface area contributed by atoms with Crippen molar-refractivity contribution >= 4 is 28.2 Å². The highest BCUT2D eigenvalue weighted by Gasteiger charge is 2.19. The molecule has 3 aromatic carbocycles. The van der Waals surface area contributed by atoms with Gasteiger partial charge < -0.3 is 4.74 Å². The zero-order chi connectivity index (χ0) is 22.3. The molecule has 5 nitrogen and oxygen atoms in total. The second-order valence-corrected chi connectivity index (χ2v) is 8.70. The van der Waals surface area contributed by atoms with Crippen molar-refractivity contribution < 1.29 is 9.53 Å². The van der Waals surface area contributed by atoms with Crippen LogP contribution in [0.15, 0.2) is 84.9 Å². The summed E-state index contributed by atoms with van der Waals surface area (Å²) in [7, 11) is 0. The Kier molecular flexibility index (Phi) is 4.74. The van der Waals surface area contributed by atoms with E-state index in [-0.39, 0.29) is 5.97 Å². The molecular weight excluding hydrogens is 398 g/mol. The van der Waals surface area contributed by atoms with Crippen molar-refractivity contribution in [3.63, 3.8) is 0 Å². The van der Waals surface area contributed by atoms with Gasteiger partial charge in [0.05, 0.1) is 22.3 Å². The minimum absolute atomic E-state index is 0.338. The first kappa shape index (κ1) is 19.9. The third kappa shape index (κ3) is 3.73. The molecule has 0 aliphatic rings. The summed E-state index contributed by atoms with van der Waals surface area (Å²) >= 11 is 0. The lowest BCUT2D eigenvalue weighted by Gasteiger charge is -2.19. The molecule has 5 rings (SSSR count). The maximum absolute atomic E-state index is 12.5. The van der Waals surface area contributed by atoms with Crippen molar-refractivity contribution in [3.8, 4) is 16.9 Å². The van der Waals surface area contributed by atoms with Crippen LogP contribution in [0.2, 0.25) is 0 Å². The molecule has 0 bridgehead atoms. The lowest BCUT2D eigenvalue weighted by Crippen LogP contribution is -2.23. The maximum Gasteiger partial charge on any atom is 0.338 e. The van der Waals surface area contributed by atoms with Crippen LogP contribution >= 0.6 is 0 Å². The summed E-state index contributed by atoms with van der Waals surface area (Å²) in [5.74, 6) is -0.338. The van der Waals surface area contributed by atoms with Crippen LogP contribution in [0.1, 0.15) is 31.1 Å². The van der Waals surface area contributed by atoms with Crippen LogP contribution in [0.3, 0.4) is 0 Å². The second-order valence-electron chi connectivity index (χ2n) is 8.70. The molecule has 0 radical (unpaired) electrons. The van der Waals surface area contributed by atoms with E-state index in [1.807, 2.05) is 75.4 Å².